The van der Waals surface area contributed by atoms with E-state index in [1.165, 1.54) is 4.90 Å². The number of carbonyl (C=O) groups is 2. The first-order valence-corrected chi connectivity index (χ1v) is 9.89. The van der Waals surface area contributed by atoms with Crippen LogP contribution in [0.4, 0.5) is 0 Å². The van der Waals surface area contributed by atoms with Gasteiger partial charge < -0.3 is 21.5 Å². The van der Waals surface area contributed by atoms with Crippen LogP contribution in [0.5, 0.6) is 0 Å². The maximum atomic E-state index is 12.1. The summed E-state index contributed by atoms with van der Waals surface area (Å²) in [5.74, 6) is 1.94. The number of hydrogen-bond acceptors (Lipinski definition) is 4. The summed E-state index contributed by atoms with van der Waals surface area (Å²) < 4.78 is 0. The molecule has 6 nitrogen and oxygen atoms in total. The summed E-state index contributed by atoms with van der Waals surface area (Å²) in [7, 11) is 0. The van der Waals surface area contributed by atoms with E-state index in [9.17, 15) is 14.7 Å². The average Bonchev–Trinajstić information content (AvgIpc) is 3.09. The predicted octanol–water partition coefficient (Wildman–Crippen LogP) is 1.82. The Morgan fingerprint density at radius 2 is 1.79 bits per heavy atom. The summed E-state index contributed by atoms with van der Waals surface area (Å²) in [5, 5.41) is 9.56. The molecular weight excluding hydrogens is 366 g/mol. The number of hydrogen-bond donors (Lipinski definition) is 3. The molecule has 1 aromatic rings. The highest BCUT2D eigenvalue weighted by molar-refractivity contribution is 5.89. The minimum Gasteiger partial charge on any atom is -0.390 e. The van der Waals surface area contributed by atoms with Crippen molar-refractivity contribution in [2.45, 2.75) is 71.6 Å². The van der Waals surface area contributed by atoms with Crippen molar-refractivity contribution in [1.82, 2.24) is 4.90 Å². The predicted molar refractivity (Wildman–Crippen MR) is 116 cm³/mol. The Bertz CT molecular complexity index is 737. The third kappa shape index (κ3) is 7.88. The lowest BCUT2D eigenvalue weighted by Crippen LogP contribution is -2.54. The van der Waals surface area contributed by atoms with Crippen molar-refractivity contribution < 1.29 is 14.7 Å². The largest absolute Gasteiger partial charge is 0.390 e. The van der Waals surface area contributed by atoms with Gasteiger partial charge in [-0.3, -0.25) is 9.59 Å². The second-order valence-corrected chi connectivity index (χ2v) is 9.27. The standard InChI is InChI=1S/C12H14O.C11H21N3O2/c1-4-10-5-7-11(8-6-10)9-12(2,3)13;1-11(2,3)8(12)10(16)14-6-4-5-7(14)9(13)15/h1,5-8,13H,9H2,2-3H3;7-8H,4-6,12H2,1-3H3,(H2,13,15). The van der Waals surface area contributed by atoms with Crippen LogP contribution in [0.25, 0.3) is 0 Å². The number of rotatable bonds is 4. The van der Waals surface area contributed by atoms with Crippen LogP contribution in [-0.4, -0.2) is 46.1 Å². The molecule has 160 valence electrons. The fourth-order valence-electron chi connectivity index (χ4n) is 3.09. The lowest BCUT2D eigenvalue weighted by Gasteiger charge is -2.32. The van der Waals surface area contributed by atoms with Crippen LogP contribution in [0, 0.1) is 17.8 Å². The van der Waals surface area contributed by atoms with E-state index in [2.05, 4.69) is 5.92 Å². The summed E-state index contributed by atoms with van der Waals surface area (Å²) in [4.78, 5) is 24.8. The summed E-state index contributed by atoms with van der Waals surface area (Å²) in [6.45, 7) is 9.89. The second kappa shape index (κ2) is 9.91. The van der Waals surface area contributed by atoms with Crippen molar-refractivity contribution in [3.05, 3.63) is 35.4 Å². The molecule has 0 bridgehead atoms. The Kier molecular flexibility index (Phi) is 8.43. The fourth-order valence-corrected chi connectivity index (χ4v) is 3.09. The van der Waals surface area contributed by atoms with Crippen molar-refractivity contribution in [1.29, 1.82) is 0 Å². The Labute approximate surface area is 174 Å². The number of benzene rings is 1. The lowest BCUT2D eigenvalue weighted by molar-refractivity contribution is -0.140. The normalized spacial score (nSPS) is 17.7. The highest BCUT2D eigenvalue weighted by Crippen LogP contribution is 2.24. The van der Waals surface area contributed by atoms with Crippen LogP contribution in [0.2, 0.25) is 0 Å². The number of amides is 2. The average molecular weight is 402 g/mol. The Balaban J connectivity index is 0.000000296. The number of primary amides is 1. The van der Waals surface area contributed by atoms with Crippen LogP contribution in [0.15, 0.2) is 24.3 Å². The first-order chi connectivity index (χ1) is 13.3. The van der Waals surface area contributed by atoms with Crippen LogP contribution >= 0.6 is 0 Å². The molecule has 2 atom stereocenters. The minimum atomic E-state index is -0.655. The van der Waals surface area contributed by atoms with E-state index in [0.29, 0.717) is 19.4 Å². The number of terminal acetylenes is 1. The smallest absolute Gasteiger partial charge is 0.240 e. The quantitative estimate of drug-likeness (QED) is 0.669. The van der Waals surface area contributed by atoms with Gasteiger partial charge in [-0.1, -0.05) is 38.8 Å². The molecule has 1 saturated heterocycles. The fraction of sp³-hybridized carbons (Fsp3) is 0.565. The van der Waals surface area contributed by atoms with Gasteiger partial charge in [-0.15, -0.1) is 6.42 Å². The van der Waals surface area contributed by atoms with E-state index in [0.717, 1.165) is 17.5 Å². The van der Waals surface area contributed by atoms with Crippen LogP contribution in [0.3, 0.4) is 0 Å². The van der Waals surface area contributed by atoms with Gasteiger partial charge in [0.2, 0.25) is 11.8 Å². The maximum Gasteiger partial charge on any atom is 0.240 e. The van der Waals surface area contributed by atoms with Crippen molar-refractivity contribution in [3.63, 3.8) is 0 Å². The highest BCUT2D eigenvalue weighted by atomic mass is 16.3. The van der Waals surface area contributed by atoms with Crippen molar-refractivity contribution in [2.24, 2.45) is 16.9 Å². The van der Waals surface area contributed by atoms with Gasteiger partial charge in [0.25, 0.3) is 0 Å². The van der Waals surface area contributed by atoms with Gasteiger partial charge in [0, 0.05) is 18.5 Å². The SMILES string of the molecule is C#Cc1ccc(CC(C)(C)O)cc1.CC(C)(C)C(N)C(=O)N1CCCC1C(N)=O. The van der Waals surface area contributed by atoms with Gasteiger partial charge in [-0.05, 0) is 49.8 Å². The van der Waals surface area contributed by atoms with E-state index in [4.69, 9.17) is 17.9 Å². The molecule has 29 heavy (non-hydrogen) atoms. The van der Waals surface area contributed by atoms with Crippen LogP contribution in [0.1, 0.15) is 58.6 Å². The highest BCUT2D eigenvalue weighted by Gasteiger charge is 2.38. The topological polar surface area (TPSA) is 110 Å². The second-order valence-electron chi connectivity index (χ2n) is 9.27. The van der Waals surface area contributed by atoms with E-state index in [-0.39, 0.29) is 11.3 Å². The molecule has 1 aromatic carbocycles. The zero-order valence-corrected chi connectivity index (χ0v) is 18.2. The third-order valence-corrected chi connectivity index (χ3v) is 4.82. The molecule has 0 radical (unpaired) electrons. The molecule has 2 amide bonds. The molecule has 0 aromatic heterocycles. The minimum absolute atomic E-state index is 0.172. The summed E-state index contributed by atoms with van der Waals surface area (Å²) in [6.07, 6.45) is 7.34. The zero-order chi connectivity index (χ0) is 22.4. The molecule has 1 aliphatic heterocycles. The number of aliphatic hydroxyl groups is 1. The molecular formula is C23H35N3O3. The molecule has 1 aliphatic rings. The third-order valence-electron chi connectivity index (χ3n) is 4.82. The van der Waals surface area contributed by atoms with Gasteiger partial charge in [0.15, 0.2) is 0 Å². The van der Waals surface area contributed by atoms with E-state index in [1.807, 2.05) is 45.0 Å². The van der Waals surface area contributed by atoms with Gasteiger partial charge in [0.1, 0.15) is 6.04 Å². The first-order valence-electron chi connectivity index (χ1n) is 9.89. The molecule has 6 heteroatoms. The molecule has 5 N–H and O–H groups in total. The van der Waals surface area contributed by atoms with Crippen LogP contribution < -0.4 is 11.5 Å². The van der Waals surface area contributed by atoms with E-state index in [1.54, 1.807) is 13.8 Å². The Morgan fingerprint density at radius 3 is 2.21 bits per heavy atom. The Morgan fingerprint density at radius 1 is 1.24 bits per heavy atom. The van der Waals surface area contributed by atoms with Crippen molar-refractivity contribution >= 4 is 11.8 Å². The maximum absolute atomic E-state index is 12.1. The molecule has 0 saturated carbocycles. The summed E-state index contributed by atoms with van der Waals surface area (Å²) in [6, 6.07) is 6.62. The first kappa shape index (κ1) is 24.7. The number of carbonyl (C=O) groups excluding carboxylic acids is 2. The van der Waals surface area contributed by atoms with Gasteiger partial charge in [0.05, 0.1) is 11.6 Å². The van der Waals surface area contributed by atoms with Crippen LogP contribution in [-0.2, 0) is 16.0 Å². The van der Waals surface area contributed by atoms with E-state index < -0.39 is 23.6 Å². The van der Waals surface area contributed by atoms with Gasteiger partial charge in [-0.2, -0.15) is 0 Å². The number of nitrogens with two attached hydrogens (primary N) is 2. The summed E-state index contributed by atoms with van der Waals surface area (Å²) >= 11 is 0. The number of likely N-dealkylation sites (tertiary alicyclic amines) is 1. The van der Waals surface area contributed by atoms with Crippen molar-refractivity contribution in [3.8, 4) is 12.3 Å². The lowest BCUT2D eigenvalue weighted by atomic mass is 9.86. The summed E-state index contributed by atoms with van der Waals surface area (Å²) in [5.41, 5.74) is 12.2. The molecule has 2 unspecified atom stereocenters. The Hall–Kier alpha value is -2.36. The zero-order valence-electron chi connectivity index (χ0n) is 18.2. The molecule has 0 spiro atoms. The van der Waals surface area contributed by atoms with Gasteiger partial charge in [-0.25, -0.2) is 0 Å². The van der Waals surface area contributed by atoms with E-state index >= 15 is 0 Å². The van der Waals surface area contributed by atoms with Gasteiger partial charge >= 0.3 is 0 Å². The number of nitrogens with zero attached hydrogens (tertiary/aromatic N) is 1. The van der Waals surface area contributed by atoms with Crippen molar-refractivity contribution in [2.75, 3.05) is 6.54 Å². The molecule has 2 rings (SSSR count). The molecule has 1 fully saturated rings. The molecule has 0 aliphatic carbocycles. The monoisotopic (exact) mass is 401 g/mol. The molecule has 1 heterocycles.